The van der Waals surface area contributed by atoms with Gasteiger partial charge in [0, 0.05) is 15.5 Å². The summed E-state index contributed by atoms with van der Waals surface area (Å²) in [5, 5.41) is 3.53. The van der Waals surface area contributed by atoms with Crippen LogP contribution in [0.1, 0.15) is 6.42 Å². The van der Waals surface area contributed by atoms with E-state index in [1.807, 2.05) is 11.8 Å². The van der Waals surface area contributed by atoms with Gasteiger partial charge in [0.1, 0.15) is 0 Å². The molecule has 0 amide bonds. The van der Waals surface area contributed by atoms with Gasteiger partial charge in [-0.1, -0.05) is 30.0 Å². The van der Waals surface area contributed by atoms with Crippen molar-refractivity contribution in [2.45, 2.75) is 11.3 Å². The van der Waals surface area contributed by atoms with Crippen LogP contribution in [0.5, 0.6) is 0 Å². The van der Waals surface area contributed by atoms with Gasteiger partial charge in [0.15, 0.2) is 0 Å². The largest absolute Gasteiger partial charge is 0.354 e. The van der Waals surface area contributed by atoms with Gasteiger partial charge < -0.3 is 5.32 Å². The van der Waals surface area contributed by atoms with Crippen LogP contribution in [0, 0.1) is 11.8 Å². The Morgan fingerprint density at radius 1 is 1.27 bits per heavy atom. The van der Waals surface area contributed by atoms with Crippen molar-refractivity contribution in [3.63, 3.8) is 0 Å². The number of para-hydroxylation sites is 1. The highest BCUT2D eigenvalue weighted by Gasteiger charge is 2.42. The highest BCUT2D eigenvalue weighted by molar-refractivity contribution is 8.03. The zero-order valence-electron chi connectivity index (χ0n) is 8.23. The van der Waals surface area contributed by atoms with Crippen molar-refractivity contribution in [3.8, 4) is 0 Å². The fourth-order valence-electron chi connectivity index (χ4n) is 2.39. The minimum atomic E-state index is 0.816. The van der Waals surface area contributed by atoms with Crippen LogP contribution >= 0.6 is 11.8 Å². The number of benzene rings is 1. The normalized spacial score (nSPS) is 30.1. The third-order valence-corrected chi connectivity index (χ3v) is 4.65. The summed E-state index contributed by atoms with van der Waals surface area (Å²) in [6, 6.07) is 8.55. The van der Waals surface area contributed by atoms with E-state index in [9.17, 15) is 0 Å². The van der Waals surface area contributed by atoms with E-state index < -0.39 is 0 Å². The zero-order chi connectivity index (χ0) is 9.83. The Bertz CT molecular complexity index is 501. The van der Waals surface area contributed by atoms with Gasteiger partial charge in [-0.15, -0.1) is 0 Å². The molecule has 1 fully saturated rings. The number of rotatable bonds is 0. The van der Waals surface area contributed by atoms with E-state index in [0.29, 0.717) is 0 Å². The maximum absolute atomic E-state index is 3.53. The molecule has 2 atom stereocenters. The predicted octanol–water partition coefficient (Wildman–Crippen LogP) is 3.62. The molecule has 2 unspecified atom stereocenters. The van der Waals surface area contributed by atoms with Crippen LogP contribution in [-0.2, 0) is 0 Å². The molecular formula is C13H11NS. The number of anilines is 1. The second-order valence-corrected chi connectivity index (χ2v) is 5.45. The summed E-state index contributed by atoms with van der Waals surface area (Å²) in [7, 11) is 0. The Morgan fingerprint density at radius 2 is 2.20 bits per heavy atom. The van der Waals surface area contributed by atoms with E-state index in [1.54, 1.807) is 4.91 Å². The van der Waals surface area contributed by atoms with Crippen LogP contribution in [0.15, 0.2) is 51.9 Å². The lowest BCUT2D eigenvalue weighted by Gasteiger charge is -2.24. The van der Waals surface area contributed by atoms with Crippen LogP contribution in [0.4, 0.5) is 5.69 Å². The summed E-state index contributed by atoms with van der Waals surface area (Å²) in [6.45, 7) is 0. The molecule has 0 bridgehead atoms. The van der Waals surface area contributed by atoms with E-state index in [2.05, 4.69) is 41.7 Å². The maximum Gasteiger partial charge on any atom is 0.0526 e. The second-order valence-electron chi connectivity index (χ2n) is 4.37. The summed E-state index contributed by atoms with van der Waals surface area (Å²) in [6.07, 6.45) is 5.96. The predicted molar refractivity (Wildman–Crippen MR) is 63.7 cm³/mol. The van der Waals surface area contributed by atoms with E-state index in [1.165, 1.54) is 22.7 Å². The molecule has 15 heavy (non-hydrogen) atoms. The van der Waals surface area contributed by atoms with Gasteiger partial charge in [0.2, 0.25) is 0 Å². The van der Waals surface area contributed by atoms with Gasteiger partial charge in [-0.05, 0) is 36.5 Å². The van der Waals surface area contributed by atoms with Crippen molar-refractivity contribution in [1.82, 2.24) is 0 Å². The molecule has 0 spiro atoms. The van der Waals surface area contributed by atoms with Crippen LogP contribution in [0.25, 0.3) is 0 Å². The molecule has 1 aromatic carbocycles. The van der Waals surface area contributed by atoms with E-state index in [-0.39, 0.29) is 0 Å². The third kappa shape index (κ3) is 1.11. The van der Waals surface area contributed by atoms with Crippen LogP contribution in [0.3, 0.4) is 0 Å². The van der Waals surface area contributed by atoms with Crippen LogP contribution in [0.2, 0.25) is 0 Å². The number of nitrogens with one attached hydrogen (secondary N) is 1. The summed E-state index contributed by atoms with van der Waals surface area (Å²) in [4.78, 5) is 2.93. The lowest BCUT2D eigenvalue weighted by molar-refractivity contribution is 0.945. The average Bonchev–Trinajstić information content (AvgIpc) is 3.06. The lowest BCUT2D eigenvalue weighted by atomic mass is 10.1. The average molecular weight is 213 g/mol. The molecule has 0 aromatic heterocycles. The van der Waals surface area contributed by atoms with Gasteiger partial charge in [0.05, 0.1) is 5.69 Å². The third-order valence-electron chi connectivity index (χ3n) is 3.33. The summed E-state index contributed by atoms with van der Waals surface area (Å²) < 4.78 is 0. The van der Waals surface area contributed by atoms with Crippen LogP contribution < -0.4 is 5.32 Å². The lowest BCUT2D eigenvalue weighted by Crippen LogP contribution is -2.09. The highest BCUT2D eigenvalue weighted by atomic mass is 32.2. The molecule has 1 N–H and O–H groups in total. The van der Waals surface area contributed by atoms with Crippen molar-refractivity contribution in [1.29, 1.82) is 0 Å². The van der Waals surface area contributed by atoms with Gasteiger partial charge in [-0.3, -0.25) is 0 Å². The molecule has 2 aliphatic carbocycles. The number of hydrogen-bond donors (Lipinski definition) is 1. The van der Waals surface area contributed by atoms with E-state index >= 15 is 0 Å². The molecule has 0 saturated heterocycles. The van der Waals surface area contributed by atoms with Crippen molar-refractivity contribution in [2.24, 2.45) is 11.8 Å². The molecule has 1 heterocycles. The Kier molecular flexibility index (Phi) is 1.45. The standard InChI is InChI=1S/C13H11NS/c1-2-4-12-10(3-1)14-11-6-5-8-7-9(8)13(11)15-12/h1-6,8-9,14H,7H2. The molecule has 1 nitrogen and oxygen atoms in total. The van der Waals surface area contributed by atoms with Crippen molar-refractivity contribution in [2.75, 3.05) is 5.32 Å². The first-order valence-electron chi connectivity index (χ1n) is 5.38. The monoisotopic (exact) mass is 213 g/mol. The second kappa shape index (κ2) is 2.70. The van der Waals surface area contributed by atoms with Gasteiger partial charge in [-0.25, -0.2) is 0 Å². The van der Waals surface area contributed by atoms with Gasteiger partial charge >= 0.3 is 0 Å². The van der Waals surface area contributed by atoms with Crippen molar-refractivity contribution >= 4 is 17.4 Å². The fourth-order valence-corrected chi connectivity index (χ4v) is 3.65. The maximum atomic E-state index is 3.53. The molecule has 74 valence electrons. The molecule has 1 aliphatic heterocycles. The Labute approximate surface area is 93.3 Å². The Balaban J connectivity index is 1.82. The fraction of sp³-hybridized carbons (Fsp3) is 0.231. The number of allylic oxidation sites excluding steroid dienone is 3. The summed E-state index contributed by atoms with van der Waals surface area (Å²) in [5.74, 6) is 1.65. The molecule has 1 saturated carbocycles. The molecule has 0 radical (unpaired) electrons. The molecular weight excluding hydrogens is 202 g/mol. The quantitative estimate of drug-likeness (QED) is 0.706. The van der Waals surface area contributed by atoms with Crippen molar-refractivity contribution < 1.29 is 0 Å². The highest BCUT2D eigenvalue weighted by Crippen LogP contribution is 2.56. The topological polar surface area (TPSA) is 12.0 Å². The Morgan fingerprint density at radius 3 is 3.20 bits per heavy atom. The smallest absolute Gasteiger partial charge is 0.0526 e. The zero-order valence-corrected chi connectivity index (χ0v) is 9.05. The molecule has 3 aliphatic rings. The number of thioether (sulfide) groups is 1. The first-order valence-corrected chi connectivity index (χ1v) is 6.20. The number of hydrogen-bond acceptors (Lipinski definition) is 2. The first kappa shape index (κ1) is 8.05. The van der Waals surface area contributed by atoms with Crippen LogP contribution in [-0.4, -0.2) is 0 Å². The van der Waals surface area contributed by atoms with E-state index in [0.717, 1.165) is 11.8 Å². The van der Waals surface area contributed by atoms with Crippen molar-refractivity contribution in [3.05, 3.63) is 47.0 Å². The number of fused-ring (bicyclic) bond motifs is 3. The Hall–Kier alpha value is -1.15. The minimum Gasteiger partial charge on any atom is -0.354 e. The van der Waals surface area contributed by atoms with E-state index in [4.69, 9.17) is 0 Å². The SMILES string of the molecule is C1=CC2CC2C2=C1Nc1ccccc1S2. The molecule has 1 aromatic rings. The summed E-state index contributed by atoms with van der Waals surface area (Å²) in [5.41, 5.74) is 2.59. The summed E-state index contributed by atoms with van der Waals surface area (Å²) >= 11 is 1.96. The molecule has 2 heteroatoms. The van der Waals surface area contributed by atoms with Gasteiger partial charge in [0.25, 0.3) is 0 Å². The molecule has 4 rings (SSSR count). The van der Waals surface area contributed by atoms with Gasteiger partial charge in [-0.2, -0.15) is 0 Å². The first-order chi connectivity index (χ1) is 7.42. The minimum absolute atomic E-state index is 0.816.